The first-order chi connectivity index (χ1) is 9.09. The second-order valence-corrected chi connectivity index (χ2v) is 5.65. The summed E-state index contributed by atoms with van der Waals surface area (Å²) >= 11 is 0. The molecule has 0 aromatic carbocycles. The van der Waals surface area contributed by atoms with E-state index < -0.39 is 0 Å². The summed E-state index contributed by atoms with van der Waals surface area (Å²) < 4.78 is 1.83. The highest BCUT2D eigenvalue weighted by atomic mass is 16.1. The number of carbonyl (C=O) groups excluding carboxylic acids is 1. The minimum absolute atomic E-state index is 0.0755. The van der Waals surface area contributed by atoms with Crippen LogP contribution < -0.4 is 11.1 Å². The molecule has 2 rings (SSSR count). The Balaban J connectivity index is 1.71. The van der Waals surface area contributed by atoms with Crippen molar-refractivity contribution in [3.8, 4) is 0 Å². The van der Waals surface area contributed by atoms with E-state index in [1.54, 1.807) is 6.20 Å². The SMILES string of the molecule is Cn1nccc1CCNC(=O)CC1(N)CCCCC1. The predicted octanol–water partition coefficient (Wildman–Crippen LogP) is 1.13. The summed E-state index contributed by atoms with van der Waals surface area (Å²) in [4.78, 5) is 11.9. The average Bonchev–Trinajstić information content (AvgIpc) is 2.75. The molecule has 1 aromatic heterocycles. The molecule has 3 N–H and O–H groups in total. The molecule has 1 aliphatic carbocycles. The Kier molecular flexibility index (Phi) is 4.58. The fourth-order valence-electron chi connectivity index (χ4n) is 2.79. The van der Waals surface area contributed by atoms with Crippen molar-refractivity contribution >= 4 is 5.91 Å². The van der Waals surface area contributed by atoms with Crippen molar-refractivity contribution in [3.05, 3.63) is 18.0 Å². The van der Waals surface area contributed by atoms with Gasteiger partial charge in [-0.2, -0.15) is 5.10 Å². The van der Waals surface area contributed by atoms with Crippen LogP contribution in [0, 0.1) is 0 Å². The number of nitrogens with two attached hydrogens (primary N) is 1. The molecule has 1 amide bonds. The number of nitrogens with zero attached hydrogens (tertiary/aromatic N) is 2. The van der Waals surface area contributed by atoms with Crippen LogP contribution in [-0.4, -0.2) is 27.8 Å². The summed E-state index contributed by atoms with van der Waals surface area (Å²) in [6.45, 7) is 0.647. The molecule has 5 nitrogen and oxygen atoms in total. The molecule has 1 aromatic rings. The fourth-order valence-corrected chi connectivity index (χ4v) is 2.79. The van der Waals surface area contributed by atoms with Gasteiger partial charge in [-0.25, -0.2) is 0 Å². The van der Waals surface area contributed by atoms with Gasteiger partial charge >= 0.3 is 0 Å². The van der Waals surface area contributed by atoms with Crippen LogP contribution in [0.4, 0.5) is 0 Å². The molecule has 106 valence electrons. The van der Waals surface area contributed by atoms with Gasteiger partial charge in [-0.1, -0.05) is 19.3 Å². The van der Waals surface area contributed by atoms with Crippen LogP contribution in [0.1, 0.15) is 44.2 Å². The van der Waals surface area contributed by atoms with E-state index in [1.165, 1.54) is 6.42 Å². The molecule has 19 heavy (non-hydrogen) atoms. The molecule has 0 aliphatic heterocycles. The molecule has 0 unspecified atom stereocenters. The third-order valence-electron chi connectivity index (χ3n) is 3.99. The summed E-state index contributed by atoms with van der Waals surface area (Å²) in [6.07, 6.45) is 8.54. The first-order valence-electron chi connectivity index (χ1n) is 7.12. The van der Waals surface area contributed by atoms with Crippen molar-refractivity contribution in [1.82, 2.24) is 15.1 Å². The Morgan fingerprint density at radius 2 is 2.21 bits per heavy atom. The molecular weight excluding hydrogens is 240 g/mol. The van der Waals surface area contributed by atoms with Crippen molar-refractivity contribution in [1.29, 1.82) is 0 Å². The van der Waals surface area contributed by atoms with Crippen molar-refractivity contribution in [3.63, 3.8) is 0 Å². The fraction of sp³-hybridized carbons (Fsp3) is 0.714. The van der Waals surface area contributed by atoms with Gasteiger partial charge in [0.2, 0.25) is 5.91 Å². The van der Waals surface area contributed by atoms with Crippen LogP contribution in [0.25, 0.3) is 0 Å². The van der Waals surface area contributed by atoms with E-state index >= 15 is 0 Å². The van der Waals surface area contributed by atoms with E-state index in [0.29, 0.717) is 13.0 Å². The number of nitrogens with one attached hydrogen (secondary N) is 1. The Hall–Kier alpha value is -1.36. The summed E-state index contributed by atoms with van der Waals surface area (Å²) in [7, 11) is 1.91. The molecule has 0 atom stereocenters. The lowest BCUT2D eigenvalue weighted by atomic mass is 9.80. The summed E-state index contributed by atoms with van der Waals surface area (Å²) in [6, 6.07) is 1.97. The third-order valence-corrected chi connectivity index (χ3v) is 3.99. The maximum atomic E-state index is 11.9. The van der Waals surface area contributed by atoms with E-state index in [1.807, 2.05) is 17.8 Å². The lowest BCUT2D eigenvalue weighted by Crippen LogP contribution is -2.46. The highest BCUT2D eigenvalue weighted by molar-refractivity contribution is 5.77. The summed E-state index contributed by atoms with van der Waals surface area (Å²) in [5.41, 5.74) is 7.13. The molecule has 0 bridgehead atoms. The molecule has 0 radical (unpaired) electrons. The van der Waals surface area contributed by atoms with Gasteiger partial charge < -0.3 is 11.1 Å². The van der Waals surface area contributed by atoms with Crippen molar-refractivity contribution in [2.75, 3.05) is 6.54 Å². The molecule has 1 heterocycles. The smallest absolute Gasteiger partial charge is 0.221 e. The standard InChI is InChI=1S/C14H24N4O/c1-18-12(6-10-17-18)5-9-16-13(19)11-14(15)7-3-2-4-8-14/h6,10H,2-5,7-9,11,15H2,1H3,(H,16,19). The molecule has 1 saturated carbocycles. The average molecular weight is 264 g/mol. The van der Waals surface area contributed by atoms with Crippen LogP contribution in [0.5, 0.6) is 0 Å². The van der Waals surface area contributed by atoms with E-state index in [2.05, 4.69) is 10.4 Å². The van der Waals surface area contributed by atoms with Crippen LogP contribution >= 0.6 is 0 Å². The van der Waals surface area contributed by atoms with Crippen LogP contribution in [0.2, 0.25) is 0 Å². The third kappa shape index (κ3) is 4.06. The first kappa shape index (κ1) is 14.1. The second kappa shape index (κ2) is 6.19. The molecule has 0 spiro atoms. The molecule has 1 aliphatic rings. The lowest BCUT2D eigenvalue weighted by molar-refractivity contribution is -0.122. The van der Waals surface area contributed by atoms with Crippen LogP contribution in [-0.2, 0) is 18.3 Å². The number of aryl methyl sites for hydroxylation is 1. The summed E-state index contributed by atoms with van der Waals surface area (Å²) in [5.74, 6) is 0.0755. The largest absolute Gasteiger partial charge is 0.356 e. The molecule has 5 heteroatoms. The van der Waals surface area contributed by atoms with Gasteiger partial charge in [0, 0.05) is 43.9 Å². The van der Waals surface area contributed by atoms with Crippen LogP contribution in [0.3, 0.4) is 0 Å². The van der Waals surface area contributed by atoms with Gasteiger partial charge in [0.1, 0.15) is 0 Å². The van der Waals surface area contributed by atoms with E-state index in [0.717, 1.165) is 37.8 Å². The Morgan fingerprint density at radius 3 is 2.84 bits per heavy atom. The van der Waals surface area contributed by atoms with Gasteiger partial charge in [0.25, 0.3) is 0 Å². The maximum Gasteiger partial charge on any atom is 0.221 e. The monoisotopic (exact) mass is 264 g/mol. The van der Waals surface area contributed by atoms with Gasteiger partial charge in [0.15, 0.2) is 0 Å². The topological polar surface area (TPSA) is 72.9 Å². The highest BCUT2D eigenvalue weighted by Gasteiger charge is 2.29. The highest BCUT2D eigenvalue weighted by Crippen LogP contribution is 2.28. The van der Waals surface area contributed by atoms with E-state index in [4.69, 9.17) is 5.73 Å². The number of aromatic nitrogens is 2. The zero-order valence-electron chi connectivity index (χ0n) is 11.7. The minimum atomic E-state index is -0.269. The van der Waals surface area contributed by atoms with E-state index in [9.17, 15) is 4.79 Å². The molecular formula is C14H24N4O. The number of rotatable bonds is 5. The van der Waals surface area contributed by atoms with Crippen LogP contribution in [0.15, 0.2) is 12.3 Å². The number of hydrogen-bond donors (Lipinski definition) is 2. The molecule has 1 fully saturated rings. The Morgan fingerprint density at radius 1 is 1.47 bits per heavy atom. The van der Waals surface area contributed by atoms with Gasteiger partial charge in [-0.15, -0.1) is 0 Å². The van der Waals surface area contributed by atoms with Gasteiger partial charge in [0.05, 0.1) is 0 Å². The quantitative estimate of drug-likeness (QED) is 0.837. The number of carbonyl (C=O) groups is 1. The van der Waals surface area contributed by atoms with Crippen molar-refractivity contribution in [2.45, 2.75) is 50.5 Å². The predicted molar refractivity (Wildman–Crippen MR) is 74.5 cm³/mol. The number of hydrogen-bond acceptors (Lipinski definition) is 3. The normalized spacial score (nSPS) is 18.2. The lowest BCUT2D eigenvalue weighted by Gasteiger charge is -2.32. The minimum Gasteiger partial charge on any atom is -0.356 e. The number of amides is 1. The zero-order chi connectivity index (χ0) is 13.7. The first-order valence-corrected chi connectivity index (χ1v) is 7.12. The van der Waals surface area contributed by atoms with Crippen molar-refractivity contribution in [2.24, 2.45) is 12.8 Å². The Labute approximate surface area is 114 Å². The van der Waals surface area contributed by atoms with Gasteiger partial charge in [-0.3, -0.25) is 9.48 Å². The second-order valence-electron chi connectivity index (χ2n) is 5.65. The van der Waals surface area contributed by atoms with E-state index in [-0.39, 0.29) is 11.4 Å². The maximum absolute atomic E-state index is 11.9. The zero-order valence-corrected chi connectivity index (χ0v) is 11.7. The summed E-state index contributed by atoms with van der Waals surface area (Å²) in [5, 5.41) is 7.06. The molecule has 0 saturated heterocycles. The van der Waals surface area contributed by atoms with Crippen molar-refractivity contribution < 1.29 is 4.79 Å². The Bertz CT molecular complexity index is 421. The van der Waals surface area contributed by atoms with Gasteiger partial charge in [-0.05, 0) is 18.9 Å².